The van der Waals surface area contributed by atoms with Crippen molar-refractivity contribution in [2.75, 3.05) is 32.0 Å². The molecule has 0 amide bonds. The van der Waals surface area contributed by atoms with Gasteiger partial charge < -0.3 is 10.2 Å². The second-order valence-electron chi connectivity index (χ2n) is 5.57. The Morgan fingerprint density at radius 3 is 3.00 bits per heavy atom. The monoisotopic (exact) mass is 258 g/mol. The Bertz CT molecular complexity index is 490. The van der Waals surface area contributed by atoms with Crippen LogP contribution in [0.15, 0.2) is 6.07 Å². The Morgan fingerprint density at radius 1 is 1.53 bits per heavy atom. The standard InChI is InChI=1S/C15H22N4/c1-11-7-12(2)18-15(14(11)8-16)17-9-13-5-4-6-19(3)10-13/h7,13H,4-6,9-10H2,1-3H3,(H,17,18). The quantitative estimate of drug-likeness (QED) is 0.904. The molecule has 0 aliphatic carbocycles. The van der Waals surface area contributed by atoms with Crippen molar-refractivity contribution in [3.8, 4) is 6.07 Å². The summed E-state index contributed by atoms with van der Waals surface area (Å²) in [6.45, 7) is 7.15. The summed E-state index contributed by atoms with van der Waals surface area (Å²) in [6, 6.07) is 4.21. The fourth-order valence-corrected chi connectivity index (χ4v) is 2.79. The van der Waals surface area contributed by atoms with Gasteiger partial charge in [-0.25, -0.2) is 4.98 Å². The van der Waals surface area contributed by atoms with Crippen molar-refractivity contribution >= 4 is 5.82 Å². The first-order chi connectivity index (χ1) is 9.10. The first-order valence-corrected chi connectivity index (χ1v) is 6.91. The highest BCUT2D eigenvalue weighted by molar-refractivity contribution is 5.56. The van der Waals surface area contributed by atoms with Crippen molar-refractivity contribution in [3.63, 3.8) is 0 Å². The van der Waals surface area contributed by atoms with Crippen molar-refractivity contribution in [1.82, 2.24) is 9.88 Å². The number of likely N-dealkylation sites (tertiary alicyclic amines) is 1. The zero-order valence-electron chi connectivity index (χ0n) is 12.0. The summed E-state index contributed by atoms with van der Waals surface area (Å²) in [4.78, 5) is 6.83. The molecule has 1 N–H and O–H groups in total. The molecule has 2 heterocycles. The van der Waals surface area contributed by atoms with E-state index in [1.807, 2.05) is 19.9 Å². The number of hydrogen-bond donors (Lipinski definition) is 1. The van der Waals surface area contributed by atoms with Crippen LogP contribution in [0.4, 0.5) is 5.82 Å². The number of nitriles is 1. The first kappa shape index (κ1) is 13.8. The van der Waals surface area contributed by atoms with Gasteiger partial charge in [-0.3, -0.25) is 0 Å². The SMILES string of the molecule is Cc1cc(C)c(C#N)c(NCC2CCCN(C)C2)n1. The topological polar surface area (TPSA) is 52.0 Å². The smallest absolute Gasteiger partial charge is 0.144 e. The van der Waals surface area contributed by atoms with Crippen LogP contribution in [0.3, 0.4) is 0 Å². The predicted molar refractivity (Wildman–Crippen MR) is 77.1 cm³/mol. The lowest BCUT2D eigenvalue weighted by atomic mass is 9.98. The molecule has 1 unspecified atom stereocenters. The van der Waals surface area contributed by atoms with Crippen LogP contribution in [0.2, 0.25) is 0 Å². The van der Waals surface area contributed by atoms with Gasteiger partial charge in [0.1, 0.15) is 11.9 Å². The Morgan fingerprint density at radius 2 is 2.32 bits per heavy atom. The lowest BCUT2D eigenvalue weighted by molar-refractivity contribution is 0.217. The number of nitrogens with one attached hydrogen (secondary N) is 1. The molecule has 1 saturated heterocycles. The molecule has 1 aliphatic heterocycles. The molecule has 2 rings (SSSR count). The average Bonchev–Trinajstić information content (AvgIpc) is 2.36. The number of nitrogens with zero attached hydrogens (tertiary/aromatic N) is 3. The van der Waals surface area contributed by atoms with Crippen LogP contribution in [-0.2, 0) is 0 Å². The van der Waals surface area contributed by atoms with Crippen LogP contribution in [-0.4, -0.2) is 36.6 Å². The van der Waals surface area contributed by atoms with Crippen molar-refractivity contribution < 1.29 is 0 Å². The minimum absolute atomic E-state index is 0.646. The average molecular weight is 258 g/mol. The predicted octanol–water partition coefficient (Wildman–Crippen LogP) is 2.32. The number of rotatable bonds is 3. The normalized spacial score (nSPS) is 20.0. The van der Waals surface area contributed by atoms with Crippen LogP contribution in [0, 0.1) is 31.1 Å². The van der Waals surface area contributed by atoms with E-state index in [4.69, 9.17) is 0 Å². The molecule has 0 saturated carbocycles. The molecule has 1 aromatic heterocycles. The fourth-order valence-electron chi connectivity index (χ4n) is 2.79. The summed E-state index contributed by atoms with van der Waals surface area (Å²) in [5, 5.41) is 12.6. The van der Waals surface area contributed by atoms with Crippen molar-refractivity contribution in [1.29, 1.82) is 5.26 Å². The molecule has 4 heteroatoms. The number of aryl methyl sites for hydroxylation is 2. The van der Waals surface area contributed by atoms with Crippen LogP contribution in [0.1, 0.15) is 29.7 Å². The number of anilines is 1. The van der Waals surface area contributed by atoms with Gasteiger partial charge in [-0.15, -0.1) is 0 Å². The fraction of sp³-hybridized carbons (Fsp3) is 0.600. The van der Waals surface area contributed by atoms with Crippen molar-refractivity contribution in [2.24, 2.45) is 5.92 Å². The zero-order valence-corrected chi connectivity index (χ0v) is 12.0. The molecule has 1 fully saturated rings. The summed E-state index contributed by atoms with van der Waals surface area (Å²) in [7, 11) is 2.17. The molecule has 0 radical (unpaired) electrons. The highest BCUT2D eigenvalue weighted by Crippen LogP contribution is 2.20. The minimum Gasteiger partial charge on any atom is -0.369 e. The summed E-state index contributed by atoms with van der Waals surface area (Å²) in [6.07, 6.45) is 2.51. The largest absolute Gasteiger partial charge is 0.369 e. The third kappa shape index (κ3) is 3.45. The number of hydrogen-bond acceptors (Lipinski definition) is 4. The van der Waals surface area contributed by atoms with Crippen LogP contribution in [0.25, 0.3) is 0 Å². The van der Waals surface area contributed by atoms with Gasteiger partial charge in [-0.2, -0.15) is 5.26 Å². The van der Waals surface area contributed by atoms with Gasteiger partial charge in [0.2, 0.25) is 0 Å². The van der Waals surface area contributed by atoms with Gasteiger partial charge in [0, 0.05) is 18.8 Å². The third-order valence-electron chi connectivity index (χ3n) is 3.74. The molecular weight excluding hydrogens is 236 g/mol. The van der Waals surface area contributed by atoms with Gasteiger partial charge in [-0.05, 0) is 57.8 Å². The molecule has 1 aliphatic rings. The van der Waals surface area contributed by atoms with E-state index in [9.17, 15) is 5.26 Å². The van der Waals surface area contributed by atoms with Crippen molar-refractivity contribution in [3.05, 3.63) is 22.9 Å². The Labute approximate surface area is 115 Å². The maximum Gasteiger partial charge on any atom is 0.144 e. The Kier molecular flexibility index (Phi) is 4.39. The van der Waals surface area contributed by atoms with Gasteiger partial charge >= 0.3 is 0 Å². The van der Waals surface area contributed by atoms with Crippen LogP contribution >= 0.6 is 0 Å². The van der Waals surface area contributed by atoms with Gasteiger partial charge in [-0.1, -0.05) is 0 Å². The maximum atomic E-state index is 9.23. The maximum absolute atomic E-state index is 9.23. The molecular formula is C15H22N4. The minimum atomic E-state index is 0.646. The van der Waals surface area contributed by atoms with Gasteiger partial charge in [0.25, 0.3) is 0 Å². The molecule has 1 atom stereocenters. The van der Waals surface area contributed by atoms with Gasteiger partial charge in [0.15, 0.2) is 0 Å². The molecule has 0 bridgehead atoms. The van der Waals surface area contributed by atoms with E-state index in [1.54, 1.807) is 0 Å². The molecule has 0 spiro atoms. The van der Waals surface area contributed by atoms with E-state index in [0.717, 1.165) is 30.2 Å². The second kappa shape index (κ2) is 6.03. The summed E-state index contributed by atoms with van der Waals surface area (Å²) in [5.41, 5.74) is 2.63. The first-order valence-electron chi connectivity index (χ1n) is 6.91. The number of piperidine rings is 1. The molecule has 4 nitrogen and oxygen atoms in total. The number of pyridine rings is 1. The molecule has 0 aromatic carbocycles. The van der Waals surface area contributed by atoms with E-state index in [1.165, 1.54) is 19.4 Å². The van der Waals surface area contributed by atoms with Crippen LogP contribution in [0.5, 0.6) is 0 Å². The van der Waals surface area contributed by atoms with Gasteiger partial charge in [0.05, 0.1) is 5.56 Å². The lowest BCUT2D eigenvalue weighted by Crippen LogP contribution is -2.35. The Hall–Kier alpha value is -1.60. The van der Waals surface area contributed by atoms with Crippen LogP contribution < -0.4 is 5.32 Å². The zero-order chi connectivity index (χ0) is 13.8. The highest BCUT2D eigenvalue weighted by atomic mass is 15.1. The molecule has 19 heavy (non-hydrogen) atoms. The summed E-state index contributed by atoms with van der Waals surface area (Å²) < 4.78 is 0. The van der Waals surface area contributed by atoms with E-state index < -0.39 is 0 Å². The molecule has 102 valence electrons. The second-order valence-corrected chi connectivity index (χ2v) is 5.57. The molecule has 1 aromatic rings. The number of aromatic nitrogens is 1. The van der Waals surface area contributed by atoms with E-state index >= 15 is 0 Å². The summed E-state index contributed by atoms with van der Waals surface area (Å²) in [5.74, 6) is 1.39. The van der Waals surface area contributed by atoms with E-state index in [-0.39, 0.29) is 0 Å². The van der Waals surface area contributed by atoms with Crippen molar-refractivity contribution in [2.45, 2.75) is 26.7 Å². The van der Waals surface area contributed by atoms with E-state index in [2.05, 4.69) is 28.3 Å². The van der Waals surface area contributed by atoms with E-state index in [0.29, 0.717) is 11.5 Å². The Balaban J connectivity index is 2.05. The third-order valence-corrected chi connectivity index (χ3v) is 3.74. The highest BCUT2D eigenvalue weighted by Gasteiger charge is 2.17. The summed E-state index contributed by atoms with van der Waals surface area (Å²) >= 11 is 0. The lowest BCUT2D eigenvalue weighted by Gasteiger charge is -2.30.